The van der Waals surface area contributed by atoms with Gasteiger partial charge in [-0.05, 0) is 132 Å². The highest BCUT2D eigenvalue weighted by atomic mass is 32.1. The smallest absolute Gasteiger partial charge is 0.355 e. The van der Waals surface area contributed by atoms with Gasteiger partial charge in [0.15, 0.2) is 10.8 Å². The van der Waals surface area contributed by atoms with Gasteiger partial charge in [0.1, 0.15) is 29.4 Å². The number of fused-ring (bicyclic) bond motifs is 2. The van der Waals surface area contributed by atoms with Crippen molar-refractivity contribution >= 4 is 73.4 Å². The molecule has 2 unspecified atom stereocenters. The molecule has 0 aliphatic carbocycles. The van der Waals surface area contributed by atoms with Crippen LogP contribution in [0.15, 0.2) is 127 Å². The number of rotatable bonds is 17. The molecule has 1 saturated heterocycles. The Balaban J connectivity index is 0.747. The average molecular weight is 1140 g/mol. The molecule has 4 amide bonds. The molecular formula is C64H66N8O8S2. The number of carbonyl (C=O) groups excluding carboxylic acids is 4. The highest BCUT2D eigenvalue weighted by molar-refractivity contribution is 7.22. The maximum Gasteiger partial charge on any atom is 0.355 e. The van der Waals surface area contributed by atoms with Gasteiger partial charge in [-0.15, -0.1) is 11.3 Å². The lowest BCUT2D eigenvalue weighted by atomic mass is 9.85. The Hall–Kier alpha value is -8.32. The Bertz CT molecular complexity index is 3670. The number of benzene rings is 5. The molecular weight excluding hydrogens is 1070 g/mol. The number of thiazole rings is 2. The first kappa shape index (κ1) is 56.9. The summed E-state index contributed by atoms with van der Waals surface area (Å²) in [4.78, 5) is 86.7. The van der Waals surface area contributed by atoms with Gasteiger partial charge in [-0.3, -0.25) is 24.5 Å². The van der Waals surface area contributed by atoms with Crippen LogP contribution in [0.3, 0.4) is 0 Å². The van der Waals surface area contributed by atoms with E-state index in [1.807, 2.05) is 168 Å². The normalized spacial score (nSPS) is 16.2. The predicted molar refractivity (Wildman–Crippen MR) is 320 cm³/mol. The van der Waals surface area contributed by atoms with Gasteiger partial charge in [0.25, 0.3) is 5.91 Å². The molecule has 0 spiro atoms. The van der Waals surface area contributed by atoms with Gasteiger partial charge in [-0.2, -0.15) is 0 Å². The van der Waals surface area contributed by atoms with Gasteiger partial charge in [-0.25, -0.2) is 19.7 Å². The molecule has 5 N–H and O–H groups in total. The Morgan fingerprint density at radius 1 is 0.841 bits per heavy atom. The number of nitrogens with zero attached hydrogens (tertiary/aromatic N) is 5. The van der Waals surface area contributed by atoms with Crippen LogP contribution in [0.4, 0.5) is 10.9 Å². The second-order valence-electron chi connectivity index (χ2n) is 22.5. The summed E-state index contributed by atoms with van der Waals surface area (Å²) in [6.45, 7) is 14.2. The SMILES string of the molecule is Cc1ncsc1-c1ccc([C@H](C)NC(=O)[C@@H]2C[C@@H](O)CN2C(=O)C(NC(=O)CC(C)Cc2ccc(Oc3cccc(-c4ccc(N5CCc6cccc(C(=O)Nc7nc8ccccc8s7)c6C5)nc4C(=O)O)c3C)cc2)C(C)(C)C)cc1. The number of aromatic carboxylic acids is 1. The Morgan fingerprint density at radius 3 is 2.32 bits per heavy atom. The zero-order valence-corrected chi connectivity index (χ0v) is 48.5. The van der Waals surface area contributed by atoms with E-state index in [0.717, 1.165) is 54.2 Å². The number of aliphatic hydroxyl groups is 1. The summed E-state index contributed by atoms with van der Waals surface area (Å²) >= 11 is 2.98. The molecule has 0 bridgehead atoms. The van der Waals surface area contributed by atoms with Gasteiger partial charge in [0, 0.05) is 43.6 Å². The number of aliphatic hydroxyl groups excluding tert-OH is 1. The largest absolute Gasteiger partial charge is 0.476 e. The fourth-order valence-corrected chi connectivity index (χ4v) is 12.6. The van der Waals surface area contributed by atoms with Crippen molar-refractivity contribution in [3.8, 4) is 33.1 Å². The standard InChI is InChI=1S/C64H66N8O8S2/c1-36(31-55(74)69-58(64(5,6)7)61(77)72-33-44(73)32-51(72)60(76)66-38(3)41-20-22-43(23-21-41)57-39(4)65-35-81-57)30-40-18-24-45(25-19-40)80-52-16-11-13-46(37(52)2)47-26-27-54(68-56(47)62(78)79)71-29-28-42-12-10-14-48(49(42)34-71)59(75)70-63-67-50-15-8-9-17-53(50)82-63/h8-27,35-36,38,44,51,58,73H,28-34H2,1-7H3,(H,66,76)(H,69,74)(H,78,79)(H,67,70,75)/t36?,38-,44+,51-,58?/m0/s1. The molecule has 3 aromatic heterocycles. The fraction of sp³-hybridized carbons (Fsp3) is 0.312. The number of pyridine rings is 1. The number of carbonyl (C=O) groups is 5. The van der Waals surface area contributed by atoms with E-state index in [-0.39, 0.29) is 54.8 Å². The van der Waals surface area contributed by atoms with E-state index in [0.29, 0.717) is 65.1 Å². The maximum atomic E-state index is 14.4. The minimum atomic E-state index is -1.18. The van der Waals surface area contributed by atoms with Gasteiger partial charge in [0.2, 0.25) is 17.7 Å². The van der Waals surface area contributed by atoms with Crippen LogP contribution in [-0.4, -0.2) is 90.9 Å². The van der Waals surface area contributed by atoms with Crippen molar-refractivity contribution in [3.63, 3.8) is 0 Å². The van der Waals surface area contributed by atoms with Crippen molar-refractivity contribution in [2.24, 2.45) is 11.3 Å². The third-order valence-electron chi connectivity index (χ3n) is 15.3. The molecule has 82 heavy (non-hydrogen) atoms. The Labute approximate surface area is 484 Å². The van der Waals surface area contributed by atoms with Crippen molar-refractivity contribution in [2.75, 3.05) is 23.3 Å². The summed E-state index contributed by atoms with van der Waals surface area (Å²) in [6.07, 6.45) is 0.542. The van der Waals surface area contributed by atoms with Crippen LogP contribution in [0.1, 0.15) is 108 Å². The summed E-state index contributed by atoms with van der Waals surface area (Å²) in [5, 5.41) is 30.9. The molecule has 5 aromatic carbocycles. The molecule has 8 aromatic rings. The minimum absolute atomic E-state index is 0.0232. The lowest BCUT2D eigenvalue weighted by Crippen LogP contribution is -2.58. The summed E-state index contributed by atoms with van der Waals surface area (Å²) < 4.78 is 7.38. The van der Waals surface area contributed by atoms with E-state index >= 15 is 0 Å². The predicted octanol–water partition coefficient (Wildman–Crippen LogP) is 11.3. The van der Waals surface area contributed by atoms with Gasteiger partial charge in [0.05, 0.1) is 38.4 Å². The topological polar surface area (TPSA) is 216 Å². The number of aryl methyl sites for hydroxylation is 1. The first-order valence-corrected chi connectivity index (χ1v) is 29.2. The molecule has 2 aliphatic rings. The number of carboxylic acids is 1. The van der Waals surface area contributed by atoms with Crippen LogP contribution < -0.4 is 25.6 Å². The highest BCUT2D eigenvalue weighted by Crippen LogP contribution is 2.37. The number of β-amino-alcohol motifs (C(OH)–C–C–N with tert-alkyl or cyclic N) is 1. The summed E-state index contributed by atoms with van der Waals surface area (Å²) in [6, 6.07) is 35.8. The lowest BCUT2D eigenvalue weighted by Gasteiger charge is -2.35. The zero-order chi connectivity index (χ0) is 58.0. The molecule has 18 heteroatoms. The Morgan fingerprint density at radius 2 is 1.60 bits per heavy atom. The van der Waals surface area contributed by atoms with Crippen molar-refractivity contribution in [2.45, 2.75) is 105 Å². The van der Waals surface area contributed by atoms with E-state index in [1.165, 1.54) is 16.2 Å². The maximum absolute atomic E-state index is 14.4. The van der Waals surface area contributed by atoms with Crippen molar-refractivity contribution in [1.82, 2.24) is 30.5 Å². The number of aromatic nitrogens is 3. The first-order chi connectivity index (χ1) is 39.3. The van der Waals surface area contributed by atoms with Crippen molar-refractivity contribution in [3.05, 3.63) is 172 Å². The molecule has 0 radical (unpaired) electrons. The third kappa shape index (κ3) is 12.6. The summed E-state index contributed by atoms with van der Waals surface area (Å²) in [5.74, 6) is -1.04. The fourth-order valence-electron chi connectivity index (χ4n) is 10.9. The van der Waals surface area contributed by atoms with Crippen LogP contribution >= 0.6 is 22.7 Å². The first-order valence-electron chi connectivity index (χ1n) is 27.5. The second-order valence-corrected chi connectivity index (χ2v) is 24.4. The number of carboxylic acid groups (broad SMARTS) is 1. The van der Waals surface area contributed by atoms with Crippen LogP contribution in [0, 0.1) is 25.2 Å². The number of nitrogens with one attached hydrogen (secondary N) is 3. The third-order valence-corrected chi connectivity index (χ3v) is 17.3. The molecule has 0 saturated carbocycles. The highest BCUT2D eigenvalue weighted by Gasteiger charge is 2.45. The molecule has 16 nitrogen and oxygen atoms in total. The number of anilines is 2. The molecule has 5 heterocycles. The van der Waals surface area contributed by atoms with Crippen LogP contribution in [0.5, 0.6) is 11.5 Å². The minimum Gasteiger partial charge on any atom is -0.476 e. The van der Waals surface area contributed by atoms with Gasteiger partial charge in [-0.1, -0.05) is 112 Å². The lowest BCUT2D eigenvalue weighted by molar-refractivity contribution is -0.144. The Kier molecular flexibility index (Phi) is 16.7. The second kappa shape index (κ2) is 24.0. The van der Waals surface area contributed by atoms with Crippen molar-refractivity contribution in [1.29, 1.82) is 0 Å². The molecule has 1 fully saturated rings. The van der Waals surface area contributed by atoms with Crippen LogP contribution in [0.25, 0.3) is 31.8 Å². The van der Waals surface area contributed by atoms with E-state index < -0.39 is 35.5 Å². The van der Waals surface area contributed by atoms with Gasteiger partial charge >= 0.3 is 5.97 Å². The number of para-hydroxylation sites is 1. The van der Waals surface area contributed by atoms with E-state index in [2.05, 4.69) is 25.9 Å². The number of amides is 4. The average Bonchev–Trinajstić information content (AvgIpc) is 4.32. The molecule has 5 atom stereocenters. The quantitative estimate of drug-likeness (QED) is 0.0576. The molecule has 2 aliphatic heterocycles. The van der Waals surface area contributed by atoms with Gasteiger partial charge < -0.3 is 35.4 Å². The molecule has 422 valence electrons. The van der Waals surface area contributed by atoms with Crippen LogP contribution in [-0.2, 0) is 33.8 Å². The zero-order valence-electron chi connectivity index (χ0n) is 46.9. The number of ether oxygens (including phenoxy) is 1. The molecule has 10 rings (SSSR count). The van der Waals surface area contributed by atoms with E-state index in [4.69, 9.17) is 9.72 Å². The van der Waals surface area contributed by atoms with E-state index in [9.17, 15) is 34.2 Å². The monoisotopic (exact) mass is 1140 g/mol. The summed E-state index contributed by atoms with van der Waals surface area (Å²) in [7, 11) is 0. The number of hydrogen-bond acceptors (Lipinski definition) is 13. The van der Waals surface area contributed by atoms with Crippen LogP contribution in [0.2, 0.25) is 0 Å². The van der Waals surface area contributed by atoms with E-state index in [1.54, 1.807) is 23.5 Å². The number of hydrogen-bond donors (Lipinski definition) is 5. The summed E-state index contributed by atoms with van der Waals surface area (Å²) in [5.41, 5.74) is 9.93. The number of likely N-dealkylation sites (tertiary alicyclic amines) is 1. The van der Waals surface area contributed by atoms with Crippen molar-refractivity contribution < 1.29 is 38.9 Å².